The van der Waals surface area contributed by atoms with E-state index in [0.29, 0.717) is 31.6 Å². The van der Waals surface area contributed by atoms with Gasteiger partial charge in [0.25, 0.3) is 0 Å². The summed E-state index contributed by atoms with van der Waals surface area (Å²) in [5, 5.41) is 3.05. The van der Waals surface area contributed by atoms with Crippen LogP contribution in [-0.4, -0.2) is 32.3 Å². The van der Waals surface area contributed by atoms with E-state index in [1.54, 1.807) is 7.11 Å². The lowest BCUT2D eigenvalue weighted by atomic mass is 9.84. The van der Waals surface area contributed by atoms with Gasteiger partial charge in [-0.15, -0.1) is 0 Å². The highest BCUT2D eigenvalue weighted by Crippen LogP contribution is 2.47. The number of hydrogen-bond acceptors (Lipinski definition) is 4. The lowest BCUT2D eigenvalue weighted by molar-refractivity contribution is -0.127. The van der Waals surface area contributed by atoms with Crippen LogP contribution >= 0.6 is 0 Å². The topological polar surface area (TPSA) is 73.6 Å². The molecule has 1 aromatic rings. The number of carbonyl (C=O) groups excluding carboxylic acids is 1. The van der Waals surface area contributed by atoms with Gasteiger partial charge in [-0.3, -0.25) is 4.79 Å². The van der Waals surface area contributed by atoms with Gasteiger partial charge in [0.05, 0.1) is 12.5 Å². The van der Waals surface area contributed by atoms with Crippen LogP contribution in [0.2, 0.25) is 0 Å². The first-order valence-electron chi connectivity index (χ1n) is 8.43. The SMILES string of the molecule is COCCOc1ccc(CNC(=O)C2C3CCC(C3)C2N)cc1. The predicted octanol–water partition coefficient (Wildman–Crippen LogP) is 1.70. The van der Waals surface area contributed by atoms with Crippen molar-refractivity contribution in [2.24, 2.45) is 23.5 Å². The third-order valence-electron chi connectivity index (χ3n) is 5.23. The van der Waals surface area contributed by atoms with E-state index in [9.17, 15) is 4.79 Å². The molecule has 0 aromatic heterocycles. The Morgan fingerprint density at radius 3 is 2.61 bits per heavy atom. The summed E-state index contributed by atoms with van der Waals surface area (Å²) in [5.74, 6) is 1.98. The Kier molecular flexibility index (Phi) is 5.18. The molecule has 3 rings (SSSR count). The number of fused-ring (bicyclic) bond motifs is 2. The van der Waals surface area contributed by atoms with Crippen LogP contribution < -0.4 is 15.8 Å². The molecule has 0 aliphatic heterocycles. The van der Waals surface area contributed by atoms with E-state index < -0.39 is 0 Å². The highest BCUT2D eigenvalue weighted by atomic mass is 16.5. The highest BCUT2D eigenvalue weighted by Gasteiger charge is 2.48. The summed E-state index contributed by atoms with van der Waals surface area (Å²) < 4.78 is 10.5. The van der Waals surface area contributed by atoms with Crippen LogP contribution in [0.15, 0.2) is 24.3 Å². The molecule has 126 valence electrons. The number of ether oxygens (including phenoxy) is 2. The number of nitrogens with two attached hydrogens (primary N) is 1. The number of amides is 1. The van der Waals surface area contributed by atoms with Crippen molar-refractivity contribution < 1.29 is 14.3 Å². The Balaban J connectivity index is 1.47. The summed E-state index contributed by atoms with van der Waals surface area (Å²) in [4.78, 5) is 12.4. The summed E-state index contributed by atoms with van der Waals surface area (Å²) >= 11 is 0. The van der Waals surface area contributed by atoms with Crippen LogP contribution in [0.1, 0.15) is 24.8 Å². The van der Waals surface area contributed by atoms with E-state index in [1.165, 1.54) is 6.42 Å². The van der Waals surface area contributed by atoms with Gasteiger partial charge in [-0.05, 0) is 48.8 Å². The molecular weight excluding hydrogens is 292 g/mol. The molecule has 2 aliphatic carbocycles. The quantitative estimate of drug-likeness (QED) is 0.751. The fourth-order valence-electron chi connectivity index (χ4n) is 3.98. The van der Waals surface area contributed by atoms with E-state index in [-0.39, 0.29) is 17.9 Å². The minimum absolute atomic E-state index is 0.00500. The van der Waals surface area contributed by atoms with Gasteiger partial charge in [-0.2, -0.15) is 0 Å². The Hall–Kier alpha value is -1.59. The van der Waals surface area contributed by atoms with Gasteiger partial charge in [0.2, 0.25) is 5.91 Å². The van der Waals surface area contributed by atoms with Crippen LogP contribution in [-0.2, 0) is 16.1 Å². The molecular formula is C18H26N2O3. The van der Waals surface area contributed by atoms with Gasteiger partial charge in [0.1, 0.15) is 12.4 Å². The van der Waals surface area contributed by atoms with Crippen LogP contribution in [0.4, 0.5) is 0 Å². The zero-order valence-electron chi connectivity index (χ0n) is 13.7. The smallest absolute Gasteiger partial charge is 0.225 e. The number of methoxy groups -OCH3 is 1. The molecule has 5 nitrogen and oxygen atoms in total. The van der Waals surface area contributed by atoms with Crippen molar-refractivity contribution in [1.82, 2.24) is 5.32 Å². The first-order valence-corrected chi connectivity index (χ1v) is 8.43. The van der Waals surface area contributed by atoms with Crippen LogP contribution in [0.25, 0.3) is 0 Å². The minimum Gasteiger partial charge on any atom is -0.491 e. The molecule has 3 N–H and O–H groups in total. The fourth-order valence-corrected chi connectivity index (χ4v) is 3.98. The van der Waals surface area contributed by atoms with E-state index in [2.05, 4.69) is 5.32 Å². The molecule has 0 spiro atoms. The lowest BCUT2D eigenvalue weighted by Gasteiger charge is -2.27. The van der Waals surface area contributed by atoms with Crippen LogP contribution in [0.5, 0.6) is 5.75 Å². The number of rotatable bonds is 7. The second-order valence-electron chi connectivity index (χ2n) is 6.64. The van der Waals surface area contributed by atoms with Crippen molar-refractivity contribution in [1.29, 1.82) is 0 Å². The summed E-state index contributed by atoms with van der Waals surface area (Å²) in [6.07, 6.45) is 3.48. The zero-order valence-corrected chi connectivity index (χ0v) is 13.7. The molecule has 2 bridgehead atoms. The van der Waals surface area contributed by atoms with Gasteiger partial charge in [-0.1, -0.05) is 12.1 Å². The van der Waals surface area contributed by atoms with E-state index >= 15 is 0 Å². The minimum atomic E-state index is 0.00500. The molecule has 1 amide bonds. The second-order valence-corrected chi connectivity index (χ2v) is 6.64. The van der Waals surface area contributed by atoms with E-state index in [4.69, 9.17) is 15.2 Å². The number of carbonyl (C=O) groups is 1. The number of benzene rings is 1. The van der Waals surface area contributed by atoms with Gasteiger partial charge in [0.15, 0.2) is 0 Å². The van der Waals surface area contributed by atoms with Crippen molar-refractivity contribution in [2.75, 3.05) is 20.3 Å². The molecule has 2 aliphatic rings. The Labute approximate surface area is 137 Å². The standard InChI is InChI=1S/C18H26N2O3/c1-22-8-9-23-15-6-2-12(3-7-15)11-20-18(21)16-13-4-5-14(10-13)17(16)19/h2-3,6-7,13-14,16-17H,4-5,8-11,19H2,1H3,(H,20,21). The monoisotopic (exact) mass is 318 g/mol. The largest absolute Gasteiger partial charge is 0.491 e. The van der Waals surface area contributed by atoms with Crippen LogP contribution in [0.3, 0.4) is 0 Å². The molecule has 1 aromatic carbocycles. The van der Waals surface area contributed by atoms with Crippen molar-refractivity contribution in [3.05, 3.63) is 29.8 Å². The van der Waals surface area contributed by atoms with Gasteiger partial charge in [-0.25, -0.2) is 0 Å². The van der Waals surface area contributed by atoms with Gasteiger partial charge < -0.3 is 20.5 Å². The molecule has 0 heterocycles. The molecule has 5 heteroatoms. The summed E-state index contributed by atoms with van der Waals surface area (Å²) in [6, 6.07) is 7.83. The second kappa shape index (κ2) is 7.32. The maximum atomic E-state index is 12.4. The Morgan fingerprint density at radius 2 is 1.96 bits per heavy atom. The van der Waals surface area contributed by atoms with Crippen molar-refractivity contribution in [3.8, 4) is 5.75 Å². The number of hydrogen-bond donors (Lipinski definition) is 2. The number of nitrogens with one attached hydrogen (secondary N) is 1. The van der Waals surface area contributed by atoms with Crippen molar-refractivity contribution in [2.45, 2.75) is 31.8 Å². The van der Waals surface area contributed by atoms with Gasteiger partial charge >= 0.3 is 0 Å². The Bertz CT molecular complexity index is 530. The third-order valence-corrected chi connectivity index (χ3v) is 5.23. The average Bonchev–Trinajstić information content (AvgIpc) is 3.15. The van der Waals surface area contributed by atoms with Crippen LogP contribution in [0, 0.1) is 17.8 Å². The first-order chi connectivity index (χ1) is 11.2. The molecule has 2 fully saturated rings. The third kappa shape index (κ3) is 3.67. The fraction of sp³-hybridized carbons (Fsp3) is 0.611. The van der Waals surface area contributed by atoms with Gasteiger partial charge in [0, 0.05) is 19.7 Å². The molecule has 4 atom stereocenters. The highest BCUT2D eigenvalue weighted by molar-refractivity contribution is 5.80. The normalized spacial score (nSPS) is 28.8. The molecule has 4 unspecified atom stereocenters. The zero-order chi connectivity index (χ0) is 16.2. The Morgan fingerprint density at radius 1 is 1.22 bits per heavy atom. The predicted molar refractivity (Wildman–Crippen MR) is 88.0 cm³/mol. The van der Waals surface area contributed by atoms with E-state index in [1.807, 2.05) is 24.3 Å². The average molecular weight is 318 g/mol. The first kappa shape index (κ1) is 16.3. The summed E-state index contributed by atoms with van der Waals surface area (Å²) in [7, 11) is 1.65. The van der Waals surface area contributed by atoms with Crippen molar-refractivity contribution in [3.63, 3.8) is 0 Å². The molecule has 0 saturated heterocycles. The maximum Gasteiger partial charge on any atom is 0.225 e. The molecule has 2 saturated carbocycles. The van der Waals surface area contributed by atoms with E-state index in [0.717, 1.165) is 24.2 Å². The van der Waals surface area contributed by atoms with Crippen molar-refractivity contribution >= 4 is 5.91 Å². The summed E-state index contributed by atoms with van der Waals surface area (Å²) in [5.41, 5.74) is 7.29. The maximum absolute atomic E-state index is 12.4. The summed E-state index contributed by atoms with van der Waals surface area (Å²) in [6.45, 7) is 1.65. The molecule has 23 heavy (non-hydrogen) atoms. The lowest BCUT2D eigenvalue weighted by Crippen LogP contribution is -2.45. The molecule has 0 radical (unpaired) electrons.